The molecule has 2 fully saturated rings. The molecule has 0 radical (unpaired) electrons. The molecule has 2 aromatic rings. The number of fused-ring (bicyclic) bond motifs is 1. The Bertz CT molecular complexity index is 961. The summed E-state index contributed by atoms with van der Waals surface area (Å²) in [5, 5.41) is 3.10. The van der Waals surface area contributed by atoms with Gasteiger partial charge < -0.3 is 19.5 Å². The van der Waals surface area contributed by atoms with E-state index in [1.54, 1.807) is 17.3 Å². The van der Waals surface area contributed by atoms with Crippen LogP contribution in [-0.2, 0) is 21.4 Å². The van der Waals surface area contributed by atoms with E-state index in [-0.39, 0.29) is 29.7 Å². The third kappa shape index (κ3) is 3.91. The molecule has 1 saturated carbocycles. The number of methoxy groups -OCH3 is 1. The van der Waals surface area contributed by atoms with Crippen LogP contribution < -0.4 is 5.32 Å². The summed E-state index contributed by atoms with van der Waals surface area (Å²) >= 11 is 0. The van der Waals surface area contributed by atoms with Crippen LogP contribution >= 0.6 is 0 Å². The fraction of sp³-hybridized carbons (Fsp3) is 0.545. The van der Waals surface area contributed by atoms with E-state index in [1.807, 2.05) is 23.7 Å². The van der Waals surface area contributed by atoms with Gasteiger partial charge in [0.05, 0.1) is 24.5 Å². The molecule has 1 aliphatic heterocycles. The number of aryl methyl sites for hydroxylation is 1. The molecule has 160 valence electrons. The van der Waals surface area contributed by atoms with Gasteiger partial charge in [0.2, 0.25) is 5.91 Å². The minimum absolute atomic E-state index is 0.0493. The number of aromatic nitrogens is 2. The summed E-state index contributed by atoms with van der Waals surface area (Å²) in [5.74, 6) is -0.476. The molecule has 1 aliphatic carbocycles. The number of hydrogen-bond donors (Lipinski definition) is 1. The Morgan fingerprint density at radius 2 is 1.90 bits per heavy atom. The first-order valence-corrected chi connectivity index (χ1v) is 10.6. The molecular weight excluding hydrogens is 384 g/mol. The smallest absolute Gasteiger partial charge is 0.328 e. The van der Waals surface area contributed by atoms with Gasteiger partial charge in [0.15, 0.2) is 0 Å². The van der Waals surface area contributed by atoms with Gasteiger partial charge in [-0.25, -0.2) is 9.78 Å². The highest BCUT2D eigenvalue weighted by atomic mass is 16.5. The van der Waals surface area contributed by atoms with E-state index < -0.39 is 6.04 Å². The number of carbonyl (C=O) groups excluding carboxylic acids is 3. The largest absolute Gasteiger partial charge is 0.467 e. The summed E-state index contributed by atoms with van der Waals surface area (Å²) in [4.78, 5) is 43.5. The van der Waals surface area contributed by atoms with Crippen molar-refractivity contribution in [2.24, 2.45) is 13.0 Å². The first kappa shape index (κ1) is 20.4. The number of carbonyl (C=O) groups is 3. The van der Waals surface area contributed by atoms with E-state index in [9.17, 15) is 14.4 Å². The Hall–Kier alpha value is -2.90. The third-order valence-corrected chi connectivity index (χ3v) is 6.41. The van der Waals surface area contributed by atoms with Crippen molar-refractivity contribution in [1.82, 2.24) is 19.8 Å². The van der Waals surface area contributed by atoms with Gasteiger partial charge in [-0.3, -0.25) is 9.59 Å². The van der Waals surface area contributed by atoms with Gasteiger partial charge in [-0.2, -0.15) is 0 Å². The molecule has 2 heterocycles. The van der Waals surface area contributed by atoms with E-state index in [1.165, 1.54) is 7.11 Å². The van der Waals surface area contributed by atoms with E-state index in [0.717, 1.165) is 30.3 Å². The second-order valence-electron chi connectivity index (χ2n) is 8.29. The number of benzene rings is 1. The average molecular weight is 412 g/mol. The molecule has 1 saturated heterocycles. The summed E-state index contributed by atoms with van der Waals surface area (Å²) in [6.45, 7) is 0.616. The Morgan fingerprint density at radius 1 is 1.13 bits per heavy atom. The Kier molecular flexibility index (Phi) is 5.74. The number of nitrogens with one attached hydrogen (secondary N) is 1. The van der Waals surface area contributed by atoms with Crippen molar-refractivity contribution >= 4 is 28.8 Å². The molecule has 8 nitrogen and oxygen atoms in total. The first-order chi connectivity index (χ1) is 14.5. The fourth-order valence-corrected chi connectivity index (χ4v) is 4.68. The van der Waals surface area contributed by atoms with Crippen molar-refractivity contribution in [3.8, 4) is 0 Å². The zero-order valence-electron chi connectivity index (χ0n) is 17.5. The zero-order valence-corrected chi connectivity index (χ0v) is 17.5. The minimum atomic E-state index is -0.443. The van der Waals surface area contributed by atoms with Crippen molar-refractivity contribution in [2.75, 3.05) is 13.7 Å². The highest BCUT2D eigenvalue weighted by molar-refractivity contribution is 5.97. The summed E-state index contributed by atoms with van der Waals surface area (Å²) < 4.78 is 6.76. The molecule has 4 rings (SSSR count). The van der Waals surface area contributed by atoms with Gasteiger partial charge >= 0.3 is 5.97 Å². The molecule has 0 bridgehead atoms. The van der Waals surface area contributed by atoms with Crippen LogP contribution in [0.2, 0.25) is 0 Å². The molecule has 1 aromatic heterocycles. The van der Waals surface area contributed by atoms with Crippen molar-refractivity contribution in [3.05, 3.63) is 30.1 Å². The van der Waals surface area contributed by atoms with E-state index in [0.29, 0.717) is 31.4 Å². The van der Waals surface area contributed by atoms with Gasteiger partial charge in [0.25, 0.3) is 5.91 Å². The van der Waals surface area contributed by atoms with Gasteiger partial charge in [-0.15, -0.1) is 0 Å². The number of rotatable bonds is 4. The lowest BCUT2D eigenvalue weighted by Gasteiger charge is -2.32. The van der Waals surface area contributed by atoms with Crippen molar-refractivity contribution < 1.29 is 19.1 Å². The van der Waals surface area contributed by atoms with Crippen LogP contribution in [0.3, 0.4) is 0 Å². The molecule has 1 N–H and O–H groups in total. The second kappa shape index (κ2) is 8.45. The average Bonchev–Trinajstić information content (AvgIpc) is 3.40. The van der Waals surface area contributed by atoms with Crippen LogP contribution in [0, 0.1) is 5.92 Å². The lowest BCUT2D eigenvalue weighted by molar-refractivity contribution is -0.152. The molecule has 1 unspecified atom stereocenters. The number of amides is 2. The van der Waals surface area contributed by atoms with Crippen molar-refractivity contribution in [1.29, 1.82) is 0 Å². The van der Waals surface area contributed by atoms with Crippen LogP contribution in [0.4, 0.5) is 0 Å². The molecule has 2 aliphatic rings. The molecule has 8 heteroatoms. The molecule has 1 atom stereocenters. The Morgan fingerprint density at radius 3 is 2.63 bits per heavy atom. The van der Waals surface area contributed by atoms with Gasteiger partial charge in [0, 0.05) is 31.1 Å². The second-order valence-corrected chi connectivity index (χ2v) is 8.29. The van der Waals surface area contributed by atoms with E-state index >= 15 is 0 Å². The number of imidazole rings is 1. The first-order valence-electron chi connectivity index (χ1n) is 10.6. The number of likely N-dealkylation sites (tertiary alicyclic amines) is 1. The highest BCUT2D eigenvalue weighted by Crippen LogP contribution is 2.29. The minimum Gasteiger partial charge on any atom is -0.467 e. The Labute approximate surface area is 175 Å². The summed E-state index contributed by atoms with van der Waals surface area (Å²) in [6.07, 6.45) is 6.17. The van der Waals surface area contributed by atoms with Crippen LogP contribution in [0.1, 0.15) is 48.9 Å². The molecule has 30 heavy (non-hydrogen) atoms. The van der Waals surface area contributed by atoms with Crippen molar-refractivity contribution in [2.45, 2.75) is 50.6 Å². The summed E-state index contributed by atoms with van der Waals surface area (Å²) in [6, 6.07) is 5.13. The summed E-state index contributed by atoms with van der Waals surface area (Å²) in [5.41, 5.74) is 2.38. The number of hydrogen-bond acceptors (Lipinski definition) is 5. The van der Waals surface area contributed by atoms with Gasteiger partial charge in [-0.05, 0) is 56.7 Å². The molecule has 1 aromatic carbocycles. The monoisotopic (exact) mass is 412 g/mol. The topological polar surface area (TPSA) is 93.5 Å². The van der Waals surface area contributed by atoms with Crippen LogP contribution in [0.15, 0.2) is 24.5 Å². The highest BCUT2D eigenvalue weighted by Gasteiger charge is 2.38. The maximum Gasteiger partial charge on any atom is 0.328 e. The predicted molar refractivity (Wildman–Crippen MR) is 111 cm³/mol. The predicted octanol–water partition coefficient (Wildman–Crippen LogP) is 2.03. The summed E-state index contributed by atoms with van der Waals surface area (Å²) in [7, 11) is 3.28. The third-order valence-electron chi connectivity index (χ3n) is 6.41. The molecule has 2 amide bonds. The zero-order chi connectivity index (χ0) is 21.3. The van der Waals surface area contributed by atoms with Crippen LogP contribution in [0.25, 0.3) is 11.0 Å². The van der Waals surface area contributed by atoms with Crippen LogP contribution in [0.5, 0.6) is 0 Å². The molecular formula is C22H28N4O4. The lowest BCUT2D eigenvalue weighted by Crippen LogP contribution is -2.46. The maximum atomic E-state index is 12.9. The van der Waals surface area contributed by atoms with Crippen LogP contribution in [-0.4, -0.2) is 58.0 Å². The van der Waals surface area contributed by atoms with Gasteiger partial charge in [-0.1, -0.05) is 0 Å². The normalized spacial score (nSPS) is 24.1. The van der Waals surface area contributed by atoms with Gasteiger partial charge in [0.1, 0.15) is 6.04 Å². The fourth-order valence-electron chi connectivity index (χ4n) is 4.68. The standard InChI is InChI=1S/C22H28N4O4/c1-25-13-23-17-12-15(7-10-18(17)25)20(27)24-16-8-5-14(6-9-16)21(28)26-11-3-4-19(26)22(29)30-2/h7,10,12-14,16,19H,3-6,8-9,11H2,1-2H3,(H,24,27). The quantitative estimate of drug-likeness (QED) is 0.776. The molecule has 0 spiro atoms. The number of ether oxygens (including phenoxy) is 1. The number of nitrogens with zero attached hydrogens (tertiary/aromatic N) is 3. The van der Waals surface area contributed by atoms with E-state index in [4.69, 9.17) is 4.74 Å². The van der Waals surface area contributed by atoms with Crippen molar-refractivity contribution in [3.63, 3.8) is 0 Å². The van der Waals surface area contributed by atoms with E-state index in [2.05, 4.69) is 10.3 Å². The number of esters is 1. The maximum absolute atomic E-state index is 12.9. The SMILES string of the molecule is COC(=O)C1CCCN1C(=O)C1CCC(NC(=O)c2ccc3c(c2)ncn3C)CC1. The Balaban J connectivity index is 1.32. The lowest BCUT2D eigenvalue weighted by atomic mass is 9.85.